The van der Waals surface area contributed by atoms with Gasteiger partial charge in [-0.25, -0.2) is 4.98 Å². The number of rotatable bonds is 4. The van der Waals surface area contributed by atoms with Crippen molar-refractivity contribution in [1.82, 2.24) is 14.9 Å². The number of likely N-dealkylation sites (tertiary alicyclic amines) is 1. The van der Waals surface area contributed by atoms with Crippen LogP contribution in [0, 0.1) is 12.8 Å². The Balaban J connectivity index is 1.77. The zero-order chi connectivity index (χ0) is 12.3. The number of H-pyrrole nitrogens is 1. The Kier molecular flexibility index (Phi) is 3.89. The van der Waals surface area contributed by atoms with Crippen LogP contribution in [0.5, 0.6) is 0 Å². The van der Waals surface area contributed by atoms with Crippen molar-refractivity contribution in [3.05, 3.63) is 5.82 Å². The number of nitrogens with one attached hydrogen (secondary N) is 2. The Labute approximate surface area is 103 Å². The summed E-state index contributed by atoms with van der Waals surface area (Å²) in [6.45, 7) is 8.74. The maximum Gasteiger partial charge on any atom is 0.168 e. The number of piperidine rings is 1. The summed E-state index contributed by atoms with van der Waals surface area (Å²) >= 11 is 0. The third-order valence-corrected chi connectivity index (χ3v) is 3.56. The Morgan fingerprint density at radius 3 is 2.71 bits per heavy atom. The van der Waals surface area contributed by atoms with Gasteiger partial charge in [0.25, 0.3) is 0 Å². The van der Waals surface area contributed by atoms with E-state index in [0.717, 1.165) is 24.1 Å². The molecule has 2 heterocycles. The molecule has 5 heteroatoms. The largest absolute Gasteiger partial charge is 0.382 e. The first-order chi connectivity index (χ1) is 8.19. The lowest BCUT2D eigenvalue weighted by Crippen LogP contribution is -2.35. The summed E-state index contributed by atoms with van der Waals surface area (Å²) in [5, 5.41) is 3.35. The number of imidazole rings is 1. The van der Waals surface area contributed by atoms with Crippen molar-refractivity contribution in [3.63, 3.8) is 0 Å². The lowest BCUT2D eigenvalue weighted by atomic mass is 9.97. The molecule has 4 N–H and O–H groups in total. The van der Waals surface area contributed by atoms with Gasteiger partial charge in [-0.1, -0.05) is 6.92 Å². The van der Waals surface area contributed by atoms with Crippen molar-refractivity contribution < 1.29 is 0 Å². The van der Waals surface area contributed by atoms with Crippen molar-refractivity contribution >= 4 is 11.6 Å². The number of nitrogens with zero attached hydrogens (tertiary/aromatic N) is 2. The fourth-order valence-electron chi connectivity index (χ4n) is 2.39. The molecular formula is C12H23N5. The molecule has 1 aliphatic rings. The van der Waals surface area contributed by atoms with Crippen LogP contribution >= 0.6 is 0 Å². The second-order valence-corrected chi connectivity index (χ2v) is 4.84. The highest BCUT2D eigenvalue weighted by Crippen LogP contribution is 2.19. The van der Waals surface area contributed by atoms with Gasteiger partial charge in [-0.05, 0) is 45.3 Å². The Morgan fingerprint density at radius 1 is 1.47 bits per heavy atom. The fourth-order valence-corrected chi connectivity index (χ4v) is 2.39. The quantitative estimate of drug-likeness (QED) is 0.741. The molecule has 2 rings (SSSR count). The van der Waals surface area contributed by atoms with E-state index < -0.39 is 0 Å². The van der Waals surface area contributed by atoms with Gasteiger partial charge in [0.2, 0.25) is 0 Å². The fraction of sp³-hybridized carbons (Fsp3) is 0.750. The minimum atomic E-state index is 0.647. The SMILES string of the molecule is CCN1CCC(CNc2nc(C)[nH]c2N)CC1. The van der Waals surface area contributed by atoms with Crippen LogP contribution in [-0.2, 0) is 0 Å². The molecule has 0 saturated carbocycles. The highest BCUT2D eigenvalue weighted by Gasteiger charge is 2.18. The highest BCUT2D eigenvalue weighted by atomic mass is 15.1. The molecule has 1 fully saturated rings. The topological polar surface area (TPSA) is 70.0 Å². The van der Waals surface area contributed by atoms with E-state index in [1.807, 2.05) is 6.92 Å². The van der Waals surface area contributed by atoms with Gasteiger partial charge < -0.3 is 20.9 Å². The van der Waals surface area contributed by atoms with Gasteiger partial charge in [0.15, 0.2) is 5.82 Å². The summed E-state index contributed by atoms with van der Waals surface area (Å²) in [4.78, 5) is 9.83. The van der Waals surface area contributed by atoms with E-state index in [-0.39, 0.29) is 0 Å². The van der Waals surface area contributed by atoms with Gasteiger partial charge in [-0.3, -0.25) is 0 Å². The third-order valence-electron chi connectivity index (χ3n) is 3.56. The van der Waals surface area contributed by atoms with E-state index in [1.54, 1.807) is 0 Å². The number of hydrogen-bond donors (Lipinski definition) is 3. The second-order valence-electron chi connectivity index (χ2n) is 4.84. The standard InChI is InChI=1S/C12H23N5/c1-3-17-6-4-10(5-7-17)8-14-12-11(13)15-9(2)16-12/h10,14H,3-8,13H2,1-2H3,(H,15,16). The lowest BCUT2D eigenvalue weighted by Gasteiger charge is -2.31. The van der Waals surface area contributed by atoms with Crippen LogP contribution in [0.4, 0.5) is 11.6 Å². The molecule has 0 aliphatic carbocycles. The summed E-state index contributed by atoms with van der Waals surface area (Å²) in [7, 11) is 0. The number of aromatic amines is 1. The molecule has 0 radical (unpaired) electrons. The van der Waals surface area contributed by atoms with Gasteiger partial charge in [0.1, 0.15) is 11.6 Å². The van der Waals surface area contributed by atoms with Crippen LogP contribution in [0.2, 0.25) is 0 Å². The van der Waals surface area contributed by atoms with Crippen molar-refractivity contribution in [2.45, 2.75) is 26.7 Å². The minimum absolute atomic E-state index is 0.647. The predicted octanol–water partition coefficient (Wildman–Crippen LogP) is 1.44. The monoisotopic (exact) mass is 237 g/mol. The van der Waals surface area contributed by atoms with E-state index in [2.05, 4.69) is 27.1 Å². The summed E-state index contributed by atoms with van der Waals surface area (Å²) < 4.78 is 0. The lowest BCUT2D eigenvalue weighted by molar-refractivity contribution is 0.198. The number of anilines is 2. The minimum Gasteiger partial charge on any atom is -0.382 e. The van der Waals surface area contributed by atoms with Gasteiger partial charge in [-0.2, -0.15) is 0 Å². The molecule has 1 aliphatic heterocycles. The average Bonchev–Trinajstić information content (AvgIpc) is 2.66. The molecule has 0 unspecified atom stereocenters. The molecule has 0 amide bonds. The van der Waals surface area contributed by atoms with E-state index in [0.29, 0.717) is 5.82 Å². The zero-order valence-corrected chi connectivity index (χ0v) is 10.8. The average molecular weight is 237 g/mol. The summed E-state index contributed by atoms with van der Waals surface area (Å²) in [5.41, 5.74) is 5.81. The smallest absolute Gasteiger partial charge is 0.168 e. The Morgan fingerprint density at radius 2 is 2.18 bits per heavy atom. The first-order valence-electron chi connectivity index (χ1n) is 6.47. The maximum atomic E-state index is 5.81. The van der Waals surface area contributed by atoms with E-state index in [1.165, 1.54) is 32.5 Å². The van der Waals surface area contributed by atoms with Gasteiger partial charge >= 0.3 is 0 Å². The van der Waals surface area contributed by atoms with Crippen LogP contribution in [-0.4, -0.2) is 41.0 Å². The highest BCUT2D eigenvalue weighted by molar-refractivity contribution is 5.56. The Bertz CT molecular complexity index is 352. The van der Waals surface area contributed by atoms with Crippen LogP contribution in [0.1, 0.15) is 25.6 Å². The summed E-state index contributed by atoms with van der Waals surface area (Å²) in [5.74, 6) is 3.06. The first kappa shape index (κ1) is 12.2. The van der Waals surface area contributed by atoms with E-state index in [9.17, 15) is 0 Å². The van der Waals surface area contributed by atoms with Gasteiger partial charge in [0, 0.05) is 6.54 Å². The van der Waals surface area contributed by atoms with Crippen molar-refractivity contribution in [2.75, 3.05) is 37.2 Å². The van der Waals surface area contributed by atoms with Crippen LogP contribution in [0.25, 0.3) is 0 Å². The molecule has 17 heavy (non-hydrogen) atoms. The number of hydrogen-bond acceptors (Lipinski definition) is 4. The molecule has 1 aromatic heterocycles. The molecule has 1 aromatic rings. The van der Waals surface area contributed by atoms with Crippen molar-refractivity contribution in [3.8, 4) is 0 Å². The normalized spacial score (nSPS) is 18.5. The van der Waals surface area contributed by atoms with E-state index >= 15 is 0 Å². The molecule has 0 spiro atoms. The van der Waals surface area contributed by atoms with Gasteiger partial charge in [0.05, 0.1) is 0 Å². The van der Waals surface area contributed by atoms with Crippen molar-refractivity contribution in [1.29, 1.82) is 0 Å². The summed E-state index contributed by atoms with van der Waals surface area (Å²) in [6.07, 6.45) is 2.54. The predicted molar refractivity (Wildman–Crippen MR) is 71.1 cm³/mol. The number of aryl methyl sites for hydroxylation is 1. The molecule has 1 saturated heterocycles. The van der Waals surface area contributed by atoms with Crippen molar-refractivity contribution in [2.24, 2.45) is 5.92 Å². The molecule has 0 bridgehead atoms. The zero-order valence-electron chi connectivity index (χ0n) is 10.8. The van der Waals surface area contributed by atoms with Crippen LogP contribution in [0.3, 0.4) is 0 Å². The third kappa shape index (κ3) is 3.12. The van der Waals surface area contributed by atoms with Crippen LogP contribution < -0.4 is 11.1 Å². The second kappa shape index (κ2) is 5.40. The number of nitrogen functional groups attached to an aromatic ring is 1. The molecular weight excluding hydrogens is 214 g/mol. The Hall–Kier alpha value is -1.23. The number of aromatic nitrogens is 2. The van der Waals surface area contributed by atoms with E-state index in [4.69, 9.17) is 5.73 Å². The molecule has 96 valence electrons. The number of nitrogens with two attached hydrogens (primary N) is 1. The first-order valence-corrected chi connectivity index (χ1v) is 6.47. The van der Waals surface area contributed by atoms with Crippen LogP contribution in [0.15, 0.2) is 0 Å². The molecule has 0 atom stereocenters. The maximum absolute atomic E-state index is 5.81. The molecule has 0 aromatic carbocycles. The molecule has 5 nitrogen and oxygen atoms in total. The summed E-state index contributed by atoms with van der Waals surface area (Å²) in [6, 6.07) is 0. The van der Waals surface area contributed by atoms with Gasteiger partial charge in [-0.15, -0.1) is 0 Å².